The highest BCUT2D eigenvalue weighted by Gasteiger charge is 2.62. The molecule has 4 fully saturated rings. The Morgan fingerprint density at radius 3 is 0.769 bits per heavy atom. The van der Waals surface area contributed by atoms with E-state index in [4.69, 9.17) is 18.9 Å². The molecule has 0 radical (unpaired) electrons. The lowest BCUT2D eigenvalue weighted by Gasteiger charge is -2.53. The monoisotopic (exact) mass is 454 g/mol. The first-order chi connectivity index (χ1) is 12.4. The van der Waals surface area contributed by atoms with Crippen LogP contribution in [0.3, 0.4) is 0 Å². The molecule has 0 N–H and O–H groups in total. The second-order valence-corrected chi connectivity index (χ2v) is 10.1. The summed E-state index contributed by atoms with van der Waals surface area (Å²) in [6.07, 6.45) is 0. The Balaban J connectivity index is 0.00000196. The molecular formula is C16H32BrN4O4P. The quantitative estimate of drug-likeness (QED) is 0.416. The SMILES string of the molecule is C1CN([P+](N2CCOCC2)(N2CCOCC2)N2CCOCC2)CCO1.[Br-]. The molecule has 0 aliphatic carbocycles. The molecule has 4 saturated heterocycles. The highest BCUT2D eigenvalue weighted by molar-refractivity contribution is 7.66. The maximum absolute atomic E-state index is 5.70. The minimum atomic E-state index is -1.78. The van der Waals surface area contributed by atoms with Crippen LogP contribution in [0.1, 0.15) is 0 Å². The minimum Gasteiger partial charge on any atom is -1.00 e. The van der Waals surface area contributed by atoms with Gasteiger partial charge in [0, 0.05) is 0 Å². The number of morpholine rings is 4. The first-order valence-electron chi connectivity index (χ1n) is 9.64. The second-order valence-electron chi connectivity index (χ2n) is 6.80. The summed E-state index contributed by atoms with van der Waals surface area (Å²) in [5.41, 5.74) is 0. The van der Waals surface area contributed by atoms with Crippen LogP contribution in [0, 0.1) is 0 Å². The van der Waals surface area contributed by atoms with Gasteiger partial charge in [-0.1, -0.05) is 0 Å². The Labute approximate surface area is 168 Å². The van der Waals surface area contributed by atoms with E-state index < -0.39 is 7.87 Å². The van der Waals surface area contributed by atoms with Crippen molar-refractivity contribution < 1.29 is 35.9 Å². The fourth-order valence-electron chi connectivity index (χ4n) is 4.36. The van der Waals surface area contributed by atoms with Crippen molar-refractivity contribution in [2.75, 3.05) is 105 Å². The Hall–Kier alpha value is 0.590. The maximum Gasteiger partial charge on any atom is 0.309 e. The van der Waals surface area contributed by atoms with E-state index >= 15 is 0 Å². The molecule has 4 aliphatic rings. The zero-order valence-corrected chi connectivity index (χ0v) is 18.0. The van der Waals surface area contributed by atoms with Crippen LogP contribution in [0.25, 0.3) is 0 Å². The summed E-state index contributed by atoms with van der Waals surface area (Å²) < 4.78 is 33.8. The normalized spacial score (nSPS) is 28.6. The third kappa shape index (κ3) is 4.27. The largest absolute Gasteiger partial charge is 1.00 e. The number of hydrogen-bond donors (Lipinski definition) is 0. The van der Waals surface area contributed by atoms with Gasteiger partial charge in [-0.3, -0.25) is 0 Å². The molecule has 0 spiro atoms. The van der Waals surface area contributed by atoms with Crippen molar-refractivity contribution in [3.8, 4) is 0 Å². The van der Waals surface area contributed by atoms with E-state index in [9.17, 15) is 0 Å². The summed E-state index contributed by atoms with van der Waals surface area (Å²) in [5.74, 6) is 0. The third-order valence-electron chi connectivity index (χ3n) is 5.47. The molecule has 0 atom stereocenters. The number of halogens is 1. The lowest BCUT2D eigenvalue weighted by Crippen LogP contribution is -3.00. The van der Waals surface area contributed by atoms with Crippen molar-refractivity contribution >= 4 is 7.87 Å². The van der Waals surface area contributed by atoms with Gasteiger partial charge in [-0.25, -0.2) is 0 Å². The van der Waals surface area contributed by atoms with Gasteiger partial charge in [0.2, 0.25) is 0 Å². The Bertz CT molecular complexity index is 338. The predicted molar refractivity (Wildman–Crippen MR) is 96.5 cm³/mol. The highest BCUT2D eigenvalue weighted by atomic mass is 79.9. The zero-order valence-electron chi connectivity index (χ0n) is 15.6. The van der Waals surface area contributed by atoms with Gasteiger partial charge in [0.05, 0.1) is 105 Å². The fraction of sp³-hybridized carbons (Fsp3) is 1.00. The number of hydrogen-bond acceptors (Lipinski definition) is 8. The Morgan fingerprint density at radius 2 is 0.577 bits per heavy atom. The van der Waals surface area contributed by atoms with E-state index in [1.165, 1.54) is 0 Å². The van der Waals surface area contributed by atoms with Crippen LogP contribution in [0.5, 0.6) is 0 Å². The van der Waals surface area contributed by atoms with Crippen LogP contribution in [0.4, 0.5) is 0 Å². The average molecular weight is 455 g/mol. The van der Waals surface area contributed by atoms with Gasteiger partial charge in [0.1, 0.15) is 0 Å². The molecule has 4 aliphatic heterocycles. The van der Waals surface area contributed by atoms with E-state index in [-0.39, 0.29) is 17.0 Å². The van der Waals surface area contributed by atoms with Gasteiger partial charge in [-0.15, -0.1) is 18.7 Å². The van der Waals surface area contributed by atoms with Crippen molar-refractivity contribution in [1.29, 1.82) is 0 Å². The van der Waals surface area contributed by atoms with E-state index in [2.05, 4.69) is 18.7 Å². The van der Waals surface area contributed by atoms with Crippen LogP contribution in [-0.4, -0.2) is 124 Å². The van der Waals surface area contributed by atoms with Gasteiger partial charge in [-0.2, -0.15) is 0 Å². The van der Waals surface area contributed by atoms with Crippen LogP contribution in [0.15, 0.2) is 0 Å². The summed E-state index contributed by atoms with van der Waals surface area (Å²) in [7, 11) is -1.78. The van der Waals surface area contributed by atoms with Crippen molar-refractivity contribution in [3.63, 3.8) is 0 Å². The van der Waals surface area contributed by atoms with Crippen molar-refractivity contribution in [2.24, 2.45) is 0 Å². The van der Waals surface area contributed by atoms with Crippen molar-refractivity contribution in [2.45, 2.75) is 0 Å². The lowest BCUT2D eigenvalue weighted by molar-refractivity contribution is -0.0000121. The van der Waals surface area contributed by atoms with Crippen LogP contribution in [-0.2, 0) is 18.9 Å². The van der Waals surface area contributed by atoms with Crippen molar-refractivity contribution in [3.05, 3.63) is 0 Å². The molecule has 8 nitrogen and oxygen atoms in total. The molecule has 0 saturated carbocycles. The van der Waals surface area contributed by atoms with Gasteiger partial charge >= 0.3 is 7.87 Å². The number of nitrogens with zero attached hydrogens (tertiary/aromatic N) is 4. The second kappa shape index (κ2) is 10.4. The highest BCUT2D eigenvalue weighted by Crippen LogP contribution is 2.70. The summed E-state index contributed by atoms with van der Waals surface area (Å²) in [5, 5.41) is 0. The van der Waals surface area contributed by atoms with E-state index in [0.717, 1.165) is 105 Å². The first-order valence-corrected chi connectivity index (χ1v) is 11.2. The van der Waals surface area contributed by atoms with Gasteiger partial charge in [-0.05, 0) is 0 Å². The molecule has 4 rings (SSSR count). The first kappa shape index (κ1) is 21.3. The molecule has 0 unspecified atom stereocenters. The average Bonchev–Trinajstić information content (AvgIpc) is 2.72. The van der Waals surface area contributed by atoms with Crippen LogP contribution >= 0.6 is 7.87 Å². The van der Waals surface area contributed by atoms with Crippen molar-refractivity contribution in [1.82, 2.24) is 18.7 Å². The molecule has 10 heteroatoms. The number of rotatable bonds is 4. The maximum atomic E-state index is 5.70. The standard InChI is InChI=1S/C16H32N4O4P.BrH/c1-9-21-10-2-17(1)25(18-3-11-22-12-4-18,19-5-13-23-14-6-19)20-7-15-24-16-8-20;/h1-16H2;1H/q+1;/p-1. The summed E-state index contributed by atoms with van der Waals surface area (Å²) in [6, 6.07) is 0. The molecular weight excluding hydrogens is 423 g/mol. The van der Waals surface area contributed by atoms with Crippen LogP contribution < -0.4 is 17.0 Å². The molecule has 0 amide bonds. The molecule has 0 aromatic carbocycles. The van der Waals surface area contributed by atoms with Gasteiger partial charge in [0.25, 0.3) is 0 Å². The van der Waals surface area contributed by atoms with E-state index in [1.54, 1.807) is 0 Å². The molecule has 152 valence electrons. The molecule has 26 heavy (non-hydrogen) atoms. The predicted octanol–water partition coefficient (Wildman–Crippen LogP) is -3.00. The number of ether oxygens (including phenoxy) is 4. The smallest absolute Gasteiger partial charge is 0.309 e. The summed E-state index contributed by atoms with van der Waals surface area (Å²) in [6.45, 7) is 14.8. The topological polar surface area (TPSA) is 49.9 Å². The Kier molecular flexibility index (Phi) is 8.51. The van der Waals surface area contributed by atoms with Gasteiger partial charge < -0.3 is 35.9 Å². The van der Waals surface area contributed by atoms with Crippen LogP contribution in [0.2, 0.25) is 0 Å². The lowest BCUT2D eigenvalue weighted by atomic mass is 10.5. The minimum absolute atomic E-state index is 0. The molecule has 0 bridgehead atoms. The molecule has 0 aromatic heterocycles. The molecule has 0 aromatic rings. The molecule has 4 heterocycles. The van der Waals surface area contributed by atoms with Gasteiger partial charge in [0.15, 0.2) is 0 Å². The van der Waals surface area contributed by atoms with E-state index in [0.29, 0.717) is 0 Å². The van der Waals surface area contributed by atoms with E-state index in [1.807, 2.05) is 0 Å². The Morgan fingerprint density at radius 1 is 0.385 bits per heavy atom. The zero-order chi connectivity index (χ0) is 17.0. The fourth-order valence-corrected chi connectivity index (χ4v) is 9.31. The summed E-state index contributed by atoms with van der Waals surface area (Å²) >= 11 is 0. The summed E-state index contributed by atoms with van der Waals surface area (Å²) in [4.78, 5) is 0. The third-order valence-corrected chi connectivity index (χ3v) is 10.1.